The zero-order chi connectivity index (χ0) is 19.2. The highest BCUT2D eigenvalue weighted by Crippen LogP contribution is 2.16. The Bertz CT molecular complexity index is 1060. The molecule has 0 atom stereocenters. The van der Waals surface area contributed by atoms with E-state index in [9.17, 15) is 4.79 Å². The third kappa shape index (κ3) is 4.26. The predicted molar refractivity (Wildman–Crippen MR) is 110 cm³/mol. The summed E-state index contributed by atoms with van der Waals surface area (Å²) >= 11 is 0. The number of benzene rings is 2. The van der Waals surface area contributed by atoms with E-state index in [1.165, 1.54) is 5.56 Å². The molecule has 2 aromatic heterocycles. The molecule has 4 aromatic rings. The van der Waals surface area contributed by atoms with Gasteiger partial charge in [0.2, 0.25) is 5.91 Å². The van der Waals surface area contributed by atoms with Gasteiger partial charge in [0, 0.05) is 12.6 Å². The summed E-state index contributed by atoms with van der Waals surface area (Å²) in [6, 6.07) is 24.1. The minimum Gasteiger partial charge on any atom is -0.349 e. The van der Waals surface area contributed by atoms with Crippen LogP contribution in [0, 0.1) is 0 Å². The minimum atomic E-state index is 0.0233. The van der Waals surface area contributed by atoms with Crippen molar-refractivity contribution in [3.8, 4) is 0 Å². The van der Waals surface area contributed by atoms with E-state index in [2.05, 4.69) is 32.0 Å². The summed E-state index contributed by atoms with van der Waals surface area (Å²) in [4.78, 5) is 21.5. The Kier molecular flexibility index (Phi) is 5.43. The molecular formula is C23H22N4O. The second-order valence-electron chi connectivity index (χ2n) is 6.71. The van der Waals surface area contributed by atoms with Gasteiger partial charge in [-0.05, 0) is 29.7 Å². The second-order valence-corrected chi connectivity index (χ2v) is 6.71. The van der Waals surface area contributed by atoms with Crippen LogP contribution in [-0.2, 0) is 24.3 Å². The molecule has 140 valence electrons. The van der Waals surface area contributed by atoms with Gasteiger partial charge >= 0.3 is 0 Å². The molecule has 0 aliphatic rings. The molecule has 0 radical (unpaired) electrons. The first-order valence-corrected chi connectivity index (χ1v) is 9.44. The summed E-state index contributed by atoms with van der Waals surface area (Å²) in [6.45, 7) is 1.06. The van der Waals surface area contributed by atoms with Crippen molar-refractivity contribution >= 4 is 17.1 Å². The van der Waals surface area contributed by atoms with Gasteiger partial charge in [0.1, 0.15) is 11.3 Å². The van der Waals surface area contributed by atoms with Crippen molar-refractivity contribution in [3.63, 3.8) is 0 Å². The highest BCUT2D eigenvalue weighted by atomic mass is 16.1. The number of rotatable bonds is 7. The van der Waals surface area contributed by atoms with Gasteiger partial charge in [0.05, 0.1) is 13.1 Å². The highest BCUT2D eigenvalue weighted by Gasteiger charge is 2.13. The summed E-state index contributed by atoms with van der Waals surface area (Å²) < 4.78 is 2.07. The first-order chi connectivity index (χ1) is 13.8. The fourth-order valence-electron chi connectivity index (χ4n) is 3.24. The quantitative estimate of drug-likeness (QED) is 0.539. The number of hydrogen-bond acceptors (Lipinski definition) is 3. The van der Waals surface area contributed by atoms with Crippen LogP contribution in [0.2, 0.25) is 0 Å². The van der Waals surface area contributed by atoms with Crippen LogP contribution >= 0.6 is 0 Å². The van der Waals surface area contributed by atoms with Crippen molar-refractivity contribution in [2.45, 2.75) is 25.9 Å². The van der Waals surface area contributed by atoms with Crippen molar-refractivity contribution in [2.75, 3.05) is 0 Å². The van der Waals surface area contributed by atoms with Crippen molar-refractivity contribution in [1.29, 1.82) is 0 Å². The topological polar surface area (TPSA) is 59.8 Å². The smallest absolute Gasteiger partial charge is 0.220 e. The Morgan fingerprint density at radius 2 is 1.61 bits per heavy atom. The molecule has 0 spiro atoms. The number of fused-ring (bicyclic) bond motifs is 1. The second kappa shape index (κ2) is 8.48. The van der Waals surface area contributed by atoms with Gasteiger partial charge in [0.25, 0.3) is 0 Å². The molecular weight excluding hydrogens is 348 g/mol. The van der Waals surface area contributed by atoms with E-state index in [0.717, 1.165) is 29.0 Å². The number of nitrogens with one attached hydrogen (secondary N) is 1. The number of aryl methyl sites for hydroxylation is 1. The van der Waals surface area contributed by atoms with Crippen molar-refractivity contribution in [1.82, 2.24) is 19.9 Å². The Hall–Kier alpha value is -3.47. The summed E-state index contributed by atoms with van der Waals surface area (Å²) in [5, 5.41) is 3.01. The lowest BCUT2D eigenvalue weighted by Gasteiger charge is -2.10. The molecule has 5 nitrogen and oxygen atoms in total. The summed E-state index contributed by atoms with van der Waals surface area (Å²) in [5.41, 5.74) is 4.01. The molecule has 28 heavy (non-hydrogen) atoms. The highest BCUT2D eigenvalue weighted by molar-refractivity contribution is 5.76. The van der Waals surface area contributed by atoms with E-state index in [-0.39, 0.29) is 5.91 Å². The first kappa shape index (κ1) is 17.9. The van der Waals surface area contributed by atoms with E-state index in [0.29, 0.717) is 19.5 Å². The molecule has 0 fully saturated rings. The van der Waals surface area contributed by atoms with Crippen LogP contribution in [0.15, 0.2) is 79.0 Å². The lowest BCUT2D eigenvalue weighted by Crippen LogP contribution is -2.25. The van der Waals surface area contributed by atoms with Crippen molar-refractivity contribution in [2.24, 2.45) is 0 Å². The van der Waals surface area contributed by atoms with Crippen LogP contribution < -0.4 is 5.32 Å². The number of aromatic nitrogens is 3. The van der Waals surface area contributed by atoms with Gasteiger partial charge in [-0.2, -0.15) is 0 Å². The van der Waals surface area contributed by atoms with Crippen LogP contribution in [-0.4, -0.2) is 20.4 Å². The minimum absolute atomic E-state index is 0.0233. The average Bonchev–Trinajstić information content (AvgIpc) is 3.10. The zero-order valence-electron chi connectivity index (χ0n) is 15.6. The van der Waals surface area contributed by atoms with Crippen molar-refractivity contribution in [3.05, 3.63) is 95.9 Å². The number of pyridine rings is 1. The molecule has 4 rings (SSSR count). The molecule has 0 aliphatic carbocycles. The predicted octanol–water partition coefficient (Wildman–Crippen LogP) is 3.73. The van der Waals surface area contributed by atoms with Crippen LogP contribution in [0.4, 0.5) is 0 Å². The van der Waals surface area contributed by atoms with Gasteiger partial charge in [-0.3, -0.25) is 4.79 Å². The lowest BCUT2D eigenvalue weighted by atomic mass is 10.1. The molecule has 2 aromatic carbocycles. The van der Waals surface area contributed by atoms with E-state index >= 15 is 0 Å². The van der Waals surface area contributed by atoms with E-state index in [1.807, 2.05) is 60.7 Å². The largest absolute Gasteiger partial charge is 0.349 e. The standard InChI is InChI=1S/C23H22N4O/c28-22(14-13-18-8-3-1-4-9-18)25-16-21-26-20-12-7-15-24-23(20)27(21)17-19-10-5-2-6-11-19/h1-12,15H,13-14,16-17H2,(H,25,28). The van der Waals surface area contributed by atoms with Crippen molar-refractivity contribution < 1.29 is 4.79 Å². The summed E-state index contributed by atoms with van der Waals surface area (Å²) in [7, 11) is 0. The van der Waals surface area contributed by atoms with Gasteiger partial charge in [-0.1, -0.05) is 60.7 Å². The van der Waals surface area contributed by atoms with Crippen LogP contribution in [0.1, 0.15) is 23.4 Å². The fraction of sp³-hybridized carbons (Fsp3) is 0.174. The lowest BCUT2D eigenvalue weighted by molar-refractivity contribution is -0.121. The average molecular weight is 370 g/mol. The molecule has 2 heterocycles. The Labute approximate surface area is 164 Å². The normalized spacial score (nSPS) is 10.9. The van der Waals surface area contributed by atoms with Gasteiger partial charge in [-0.15, -0.1) is 0 Å². The third-order valence-corrected chi connectivity index (χ3v) is 4.69. The zero-order valence-corrected chi connectivity index (χ0v) is 15.6. The van der Waals surface area contributed by atoms with Gasteiger partial charge < -0.3 is 9.88 Å². The monoisotopic (exact) mass is 370 g/mol. The Morgan fingerprint density at radius 3 is 2.36 bits per heavy atom. The number of hydrogen-bond donors (Lipinski definition) is 1. The maximum Gasteiger partial charge on any atom is 0.220 e. The number of imidazole rings is 1. The van der Waals surface area contributed by atoms with Gasteiger partial charge in [-0.25, -0.2) is 9.97 Å². The molecule has 1 amide bonds. The molecule has 1 N–H and O–H groups in total. The molecule has 0 saturated carbocycles. The molecule has 0 saturated heterocycles. The number of carbonyl (C=O) groups excluding carboxylic acids is 1. The van der Waals surface area contributed by atoms with E-state index in [4.69, 9.17) is 0 Å². The Balaban J connectivity index is 1.47. The maximum atomic E-state index is 12.3. The molecule has 0 bridgehead atoms. The van der Waals surface area contributed by atoms with E-state index < -0.39 is 0 Å². The molecule has 0 aliphatic heterocycles. The first-order valence-electron chi connectivity index (χ1n) is 9.44. The SMILES string of the molecule is O=C(CCc1ccccc1)NCc1nc2cccnc2n1Cc1ccccc1. The number of amides is 1. The summed E-state index contributed by atoms with van der Waals surface area (Å²) in [6.07, 6.45) is 2.96. The number of nitrogens with zero attached hydrogens (tertiary/aromatic N) is 3. The Morgan fingerprint density at radius 1 is 0.893 bits per heavy atom. The van der Waals surface area contributed by atoms with Crippen LogP contribution in [0.3, 0.4) is 0 Å². The maximum absolute atomic E-state index is 12.3. The van der Waals surface area contributed by atoms with Crippen LogP contribution in [0.5, 0.6) is 0 Å². The fourth-order valence-corrected chi connectivity index (χ4v) is 3.24. The molecule has 0 unspecified atom stereocenters. The molecule has 5 heteroatoms. The van der Waals surface area contributed by atoms with Crippen LogP contribution in [0.25, 0.3) is 11.2 Å². The van der Waals surface area contributed by atoms with E-state index in [1.54, 1.807) is 6.20 Å². The van der Waals surface area contributed by atoms with Gasteiger partial charge in [0.15, 0.2) is 5.65 Å². The summed E-state index contributed by atoms with van der Waals surface area (Å²) in [5.74, 6) is 0.834. The third-order valence-electron chi connectivity index (χ3n) is 4.69. The number of carbonyl (C=O) groups is 1.